The van der Waals surface area contributed by atoms with Gasteiger partial charge in [-0.2, -0.15) is 4.31 Å². The number of ether oxygens (including phenoxy) is 1. The van der Waals surface area contributed by atoms with Gasteiger partial charge in [0.1, 0.15) is 0 Å². The molecule has 1 atom stereocenters. The molecule has 1 aromatic heterocycles. The number of carbonyl (C=O) groups excluding carboxylic acids is 1. The minimum absolute atomic E-state index is 0.0560. The van der Waals surface area contributed by atoms with Gasteiger partial charge in [0.15, 0.2) is 11.2 Å². The van der Waals surface area contributed by atoms with Gasteiger partial charge >= 0.3 is 11.7 Å². The molecule has 2 aliphatic rings. The van der Waals surface area contributed by atoms with Crippen LogP contribution in [0.2, 0.25) is 0 Å². The van der Waals surface area contributed by atoms with Crippen molar-refractivity contribution in [3.05, 3.63) is 64.1 Å². The van der Waals surface area contributed by atoms with E-state index in [0.717, 1.165) is 5.56 Å². The average molecular weight is 414 g/mol. The summed E-state index contributed by atoms with van der Waals surface area (Å²) in [5, 5.41) is 0. The van der Waals surface area contributed by atoms with E-state index in [1.807, 2.05) is 12.1 Å². The molecule has 0 aliphatic carbocycles. The predicted octanol–water partition coefficient (Wildman–Crippen LogP) is 1.98. The quantitative estimate of drug-likeness (QED) is 0.595. The number of sulfonamides is 1. The third kappa shape index (κ3) is 2.57. The Morgan fingerprint density at radius 3 is 2.72 bits per heavy atom. The standard InChI is InChI=1S/C20H18N2O6S/c1-21-16-11-13(7-8-17(16)27-19(21)24)29(25,26)22-10-4-9-20(12-22)15-6-3-2-5-14(15)18(23)28-20/h2-3,5-8,11H,4,9-10,12H2,1H3. The minimum atomic E-state index is -3.86. The van der Waals surface area contributed by atoms with Crippen LogP contribution in [0.4, 0.5) is 0 Å². The molecule has 9 heteroatoms. The molecule has 1 saturated heterocycles. The molecule has 3 aromatic rings. The van der Waals surface area contributed by atoms with Crippen molar-refractivity contribution < 1.29 is 22.4 Å². The number of esters is 1. The molecule has 0 amide bonds. The van der Waals surface area contributed by atoms with Gasteiger partial charge in [-0.05, 0) is 37.1 Å². The summed E-state index contributed by atoms with van der Waals surface area (Å²) in [4.78, 5) is 24.1. The first-order valence-corrected chi connectivity index (χ1v) is 10.7. The van der Waals surface area contributed by atoms with Crippen molar-refractivity contribution >= 4 is 27.1 Å². The molecule has 2 aromatic carbocycles. The molecular formula is C20H18N2O6S. The van der Waals surface area contributed by atoms with Crippen LogP contribution in [-0.2, 0) is 27.4 Å². The summed E-state index contributed by atoms with van der Waals surface area (Å²) < 4.78 is 40.1. The number of carbonyl (C=O) groups is 1. The maximum atomic E-state index is 13.4. The van der Waals surface area contributed by atoms with E-state index >= 15 is 0 Å². The highest BCUT2D eigenvalue weighted by molar-refractivity contribution is 7.89. The molecule has 3 heterocycles. The predicted molar refractivity (Wildman–Crippen MR) is 103 cm³/mol. The lowest BCUT2D eigenvalue weighted by atomic mass is 9.86. The number of rotatable bonds is 2. The molecular weight excluding hydrogens is 396 g/mol. The Morgan fingerprint density at radius 2 is 1.90 bits per heavy atom. The van der Waals surface area contributed by atoms with Crippen LogP contribution in [0.1, 0.15) is 28.8 Å². The molecule has 1 spiro atoms. The van der Waals surface area contributed by atoms with Crippen LogP contribution < -0.4 is 5.76 Å². The molecule has 150 valence electrons. The van der Waals surface area contributed by atoms with E-state index in [9.17, 15) is 18.0 Å². The summed E-state index contributed by atoms with van der Waals surface area (Å²) in [6.45, 7) is 0.382. The highest BCUT2D eigenvalue weighted by atomic mass is 32.2. The number of hydrogen-bond donors (Lipinski definition) is 0. The highest BCUT2D eigenvalue weighted by Gasteiger charge is 2.50. The third-order valence-corrected chi connectivity index (χ3v) is 7.59. The number of fused-ring (bicyclic) bond motifs is 3. The normalized spacial score (nSPS) is 22.2. The fraction of sp³-hybridized carbons (Fsp3) is 0.300. The van der Waals surface area contributed by atoms with E-state index in [-0.39, 0.29) is 11.4 Å². The molecule has 0 saturated carbocycles. The van der Waals surface area contributed by atoms with Crippen molar-refractivity contribution in [3.63, 3.8) is 0 Å². The second-order valence-electron chi connectivity index (χ2n) is 7.43. The zero-order valence-corrected chi connectivity index (χ0v) is 16.4. The molecule has 0 bridgehead atoms. The Morgan fingerprint density at radius 1 is 1.10 bits per heavy atom. The van der Waals surface area contributed by atoms with Crippen molar-refractivity contribution in [2.75, 3.05) is 13.1 Å². The fourth-order valence-electron chi connectivity index (χ4n) is 4.25. The SMILES string of the molecule is Cn1c(=O)oc2ccc(S(=O)(=O)N3CCCC4(C3)OC(=O)c3ccccc34)cc21. The largest absolute Gasteiger partial charge is 0.449 e. The van der Waals surface area contributed by atoms with E-state index in [1.165, 1.54) is 34.1 Å². The maximum absolute atomic E-state index is 13.4. The van der Waals surface area contributed by atoms with Gasteiger partial charge in [-0.3, -0.25) is 4.57 Å². The monoisotopic (exact) mass is 414 g/mol. The summed E-state index contributed by atoms with van der Waals surface area (Å²) in [6.07, 6.45) is 1.13. The first kappa shape index (κ1) is 18.1. The molecule has 0 N–H and O–H groups in total. The summed E-state index contributed by atoms with van der Waals surface area (Å²) >= 11 is 0. The number of benzene rings is 2. The molecule has 1 unspecified atom stereocenters. The first-order chi connectivity index (χ1) is 13.8. The van der Waals surface area contributed by atoms with Crippen LogP contribution in [0.3, 0.4) is 0 Å². The molecule has 29 heavy (non-hydrogen) atoms. The van der Waals surface area contributed by atoms with Crippen molar-refractivity contribution in [2.45, 2.75) is 23.3 Å². The van der Waals surface area contributed by atoms with Crippen LogP contribution in [0.15, 0.2) is 56.6 Å². The maximum Gasteiger partial charge on any atom is 0.419 e. The summed E-state index contributed by atoms with van der Waals surface area (Å²) in [6, 6.07) is 11.5. The van der Waals surface area contributed by atoms with Gasteiger partial charge in [-0.15, -0.1) is 0 Å². The van der Waals surface area contributed by atoms with Gasteiger partial charge in [-0.25, -0.2) is 18.0 Å². The van der Waals surface area contributed by atoms with Crippen LogP contribution in [0.5, 0.6) is 0 Å². The van der Waals surface area contributed by atoms with Crippen LogP contribution in [0.25, 0.3) is 11.1 Å². The highest BCUT2D eigenvalue weighted by Crippen LogP contribution is 2.43. The average Bonchev–Trinajstić information content (AvgIpc) is 3.15. The number of oxazole rings is 1. The van der Waals surface area contributed by atoms with Gasteiger partial charge in [-0.1, -0.05) is 18.2 Å². The summed E-state index contributed by atoms with van der Waals surface area (Å²) in [7, 11) is -2.34. The Kier molecular flexibility index (Phi) is 3.78. The fourth-order valence-corrected chi connectivity index (χ4v) is 5.80. The van der Waals surface area contributed by atoms with Gasteiger partial charge < -0.3 is 9.15 Å². The lowest BCUT2D eigenvalue weighted by Gasteiger charge is -2.38. The molecule has 8 nitrogen and oxygen atoms in total. The van der Waals surface area contributed by atoms with E-state index in [1.54, 1.807) is 12.1 Å². The lowest BCUT2D eigenvalue weighted by molar-refractivity contribution is -0.0345. The lowest BCUT2D eigenvalue weighted by Crippen LogP contribution is -2.48. The van der Waals surface area contributed by atoms with Crippen LogP contribution in [0, 0.1) is 0 Å². The van der Waals surface area contributed by atoms with E-state index in [4.69, 9.17) is 9.15 Å². The number of nitrogens with zero attached hydrogens (tertiary/aromatic N) is 2. The Labute approximate surface area is 166 Å². The summed E-state index contributed by atoms with van der Waals surface area (Å²) in [5.74, 6) is -0.976. The zero-order chi connectivity index (χ0) is 20.4. The number of aromatic nitrogens is 1. The van der Waals surface area contributed by atoms with Crippen LogP contribution in [-0.4, -0.2) is 36.3 Å². The number of hydrogen-bond acceptors (Lipinski definition) is 6. The van der Waals surface area contributed by atoms with Gasteiger partial charge in [0, 0.05) is 19.2 Å². The Hall–Kier alpha value is -2.91. The van der Waals surface area contributed by atoms with Crippen molar-refractivity contribution in [1.82, 2.24) is 8.87 Å². The molecule has 0 radical (unpaired) electrons. The zero-order valence-electron chi connectivity index (χ0n) is 15.6. The second-order valence-corrected chi connectivity index (χ2v) is 9.37. The van der Waals surface area contributed by atoms with Crippen molar-refractivity contribution in [2.24, 2.45) is 7.05 Å². The molecule has 1 fully saturated rings. The smallest absolute Gasteiger partial charge is 0.419 e. The Bertz CT molecular complexity index is 1320. The van der Waals surface area contributed by atoms with Gasteiger partial charge in [0.05, 0.1) is 22.5 Å². The molecule has 5 rings (SSSR count). The van der Waals surface area contributed by atoms with E-state index < -0.39 is 27.3 Å². The van der Waals surface area contributed by atoms with E-state index in [2.05, 4.69) is 0 Å². The Balaban J connectivity index is 1.55. The van der Waals surface area contributed by atoms with Gasteiger partial charge in [0.25, 0.3) is 0 Å². The molecule has 2 aliphatic heterocycles. The first-order valence-electron chi connectivity index (χ1n) is 9.24. The minimum Gasteiger partial charge on any atom is -0.449 e. The topological polar surface area (TPSA) is 98.8 Å². The van der Waals surface area contributed by atoms with Gasteiger partial charge in [0.2, 0.25) is 10.0 Å². The second kappa shape index (κ2) is 6.04. The van der Waals surface area contributed by atoms with E-state index in [0.29, 0.717) is 36.0 Å². The summed E-state index contributed by atoms with van der Waals surface area (Å²) in [5.41, 5.74) is 0.982. The van der Waals surface area contributed by atoms with Crippen molar-refractivity contribution in [1.29, 1.82) is 0 Å². The number of piperidine rings is 1. The van der Waals surface area contributed by atoms with Crippen LogP contribution >= 0.6 is 0 Å². The van der Waals surface area contributed by atoms with Crippen molar-refractivity contribution in [3.8, 4) is 0 Å². The third-order valence-electron chi connectivity index (χ3n) is 5.75. The number of aryl methyl sites for hydroxylation is 1.